The number of para-hydroxylation sites is 1. The van der Waals surface area contributed by atoms with E-state index in [0.29, 0.717) is 29.6 Å². The van der Waals surface area contributed by atoms with Crippen molar-refractivity contribution in [3.05, 3.63) is 65.2 Å². The molecule has 6 nitrogen and oxygen atoms in total. The van der Waals surface area contributed by atoms with Crippen molar-refractivity contribution in [3.63, 3.8) is 0 Å². The number of rotatable bonds is 6. The number of carbonyl (C=O) groups excluding carboxylic acids is 1. The molecule has 0 radical (unpaired) electrons. The molecule has 3 rings (SSSR count). The van der Waals surface area contributed by atoms with Gasteiger partial charge in [0.25, 0.3) is 5.56 Å². The van der Waals surface area contributed by atoms with Crippen molar-refractivity contribution in [2.24, 2.45) is 0 Å². The zero-order valence-corrected chi connectivity index (χ0v) is 14.6. The Morgan fingerprint density at radius 1 is 1.11 bits per heavy atom. The zero-order valence-electron chi connectivity index (χ0n) is 14.6. The third-order valence-electron chi connectivity index (χ3n) is 3.91. The summed E-state index contributed by atoms with van der Waals surface area (Å²) in [6.45, 7) is 0.322. The van der Waals surface area contributed by atoms with Gasteiger partial charge in [-0.25, -0.2) is 4.98 Å². The molecule has 28 heavy (non-hydrogen) atoms. The fraction of sp³-hybridized carbons (Fsp3) is 0.211. The second kappa shape index (κ2) is 8.12. The van der Waals surface area contributed by atoms with Crippen molar-refractivity contribution >= 4 is 22.5 Å². The number of alkyl halides is 3. The second-order valence-corrected chi connectivity index (χ2v) is 5.98. The highest BCUT2D eigenvalue weighted by Gasteiger charge is 2.30. The molecule has 0 unspecified atom stereocenters. The summed E-state index contributed by atoms with van der Waals surface area (Å²) < 4.78 is 41.6. The van der Waals surface area contributed by atoms with E-state index in [1.807, 2.05) is 0 Å². The molecule has 1 N–H and O–H groups in total. The molecule has 9 heteroatoms. The predicted octanol–water partition coefficient (Wildman–Crippen LogP) is 3.71. The number of nitrogens with zero attached hydrogens (tertiary/aromatic N) is 2. The minimum Gasteiger partial charge on any atom is -0.406 e. The monoisotopic (exact) mass is 391 g/mol. The van der Waals surface area contributed by atoms with Crippen molar-refractivity contribution < 1.29 is 22.7 Å². The van der Waals surface area contributed by atoms with Gasteiger partial charge >= 0.3 is 6.36 Å². The second-order valence-electron chi connectivity index (χ2n) is 5.98. The van der Waals surface area contributed by atoms with Gasteiger partial charge in [-0.1, -0.05) is 12.1 Å². The Labute approximate surface area is 157 Å². The van der Waals surface area contributed by atoms with Crippen LogP contribution in [0.25, 0.3) is 10.9 Å². The van der Waals surface area contributed by atoms with Crippen LogP contribution < -0.4 is 15.6 Å². The number of amides is 1. The highest BCUT2D eigenvalue weighted by Crippen LogP contribution is 2.24. The molecule has 3 aromatic rings. The van der Waals surface area contributed by atoms with Crippen LogP contribution >= 0.6 is 0 Å². The predicted molar refractivity (Wildman–Crippen MR) is 97.0 cm³/mol. The fourth-order valence-electron chi connectivity index (χ4n) is 2.64. The SMILES string of the molecule is O=C(CCCn1cnc2ccccc2c1=O)Nc1ccc(OC(F)(F)F)cc1. The molecule has 1 heterocycles. The third-order valence-corrected chi connectivity index (χ3v) is 3.91. The van der Waals surface area contributed by atoms with Gasteiger partial charge in [0, 0.05) is 18.7 Å². The third kappa shape index (κ3) is 5.09. The summed E-state index contributed by atoms with van der Waals surface area (Å²) >= 11 is 0. The van der Waals surface area contributed by atoms with Crippen LogP contribution in [-0.4, -0.2) is 21.8 Å². The topological polar surface area (TPSA) is 73.2 Å². The van der Waals surface area contributed by atoms with Crippen molar-refractivity contribution in [1.29, 1.82) is 0 Å². The van der Waals surface area contributed by atoms with Crippen molar-refractivity contribution in [3.8, 4) is 5.75 Å². The maximum atomic E-state index is 12.4. The molecule has 0 saturated carbocycles. The first kappa shape index (κ1) is 19.4. The molecule has 0 bridgehead atoms. The van der Waals surface area contributed by atoms with E-state index in [9.17, 15) is 22.8 Å². The summed E-state index contributed by atoms with van der Waals surface area (Å²) in [7, 11) is 0. The molecule has 0 spiro atoms. The van der Waals surface area contributed by atoms with Crippen molar-refractivity contribution in [1.82, 2.24) is 9.55 Å². The maximum Gasteiger partial charge on any atom is 0.573 e. The maximum absolute atomic E-state index is 12.4. The summed E-state index contributed by atoms with van der Waals surface area (Å²) in [5.74, 6) is -0.681. The molecule has 0 fully saturated rings. The molecule has 1 aromatic heterocycles. The molecule has 0 saturated heterocycles. The zero-order chi connectivity index (χ0) is 20.1. The first-order valence-corrected chi connectivity index (χ1v) is 8.42. The Balaban J connectivity index is 1.52. The number of hydrogen-bond donors (Lipinski definition) is 1. The average Bonchev–Trinajstić information content (AvgIpc) is 2.64. The number of benzene rings is 2. The van der Waals surface area contributed by atoms with Gasteiger partial charge in [0.2, 0.25) is 5.91 Å². The highest BCUT2D eigenvalue weighted by atomic mass is 19.4. The van der Waals surface area contributed by atoms with Crippen LogP contribution in [0.3, 0.4) is 0 Å². The van der Waals surface area contributed by atoms with E-state index in [0.717, 1.165) is 12.1 Å². The summed E-state index contributed by atoms with van der Waals surface area (Å²) in [6.07, 6.45) is -2.77. The smallest absolute Gasteiger partial charge is 0.406 e. The van der Waals surface area contributed by atoms with Crippen LogP contribution in [-0.2, 0) is 11.3 Å². The lowest BCUT2D eigenvalue weighted by atomic mass is 10.2. The van der Waals surface area contributed by atoms with Gasteiger partial charge in [0.15, 0.2) is 0 Å². The number of halogens is 3. The highest BCUT2D eigenvalue weighted by molar-refractivity contribution is 5.90. The number of fused-ring (bicyclic) bond motifs is 1. The van der Waals surface area contributed by atoms with Gasteiger partial charge in [0.05, 0.1) is 17.2 Å². The molecule has 146 valence electrons. The number of nitrogens with one attached hydrogen (secondary N) is 1. The van der Waals surface area contributed by atoms with Gasteiger partial charge in [-0.3, -0.25) is 14.2 Å². The standard InChI is InChI=1S/C19H16F3N3O3/c20-19(21,22)28-14-9-7-13(8-10-14)24-17(26)6-3-11-25-12-23-16-5-2-1-4-15(16)18(25)27/h1-2,4-5,7-10,12H,3,6,11H2,(H,24,26). The molecule has 0 aliphatic carbocycles. The normalized spacial score (nSPS) is 11.4. The number of ether oxygens (including phenoxy) is 1. The van der Waals surface area contributed by atoms with Gasteiger partial charge < -0.3 is 10.1 Å². The van der Waals surface area contributed by atoms with E-state index >= 15 is 0 Å². The molecule has 2 aromatic carbocycles. The lowest BCUT2D eigenvalue weighted by molar-refractivity contribution is -0.274. The number of aromatic nitrogens is 2. The average molecular weight is 391 g/mol. The van der Waals surface area contributed by atoms with Crippen LogP contribution in [0.1, 0.15) is 12.8 Å². The largest absolute Gasteiger partial charge is 0.573 e. The first-order chi connectivity index (χ1) is 13.3. The van der Waals surface area contributed by atoms with Crippen molar-refractivity contribution in [2.75, 3.05) is 5.32 Å². The summed E-state index contributed by atoms with van der Waals surface area (Å²) in [5.41, 5.74) is 0.787. The Morgan fingerprint density at radius 2 is 1.82 bits per heavy atom. The number of carbonyl (C=O) groups is 1. The molecular weight excluding hydrogens is 375 g/mol. The lowest BCUT2D eigenvalue weighted by Gasteiger charge is -2.10. The Bertz CT molecular complexity index is 1030. The fourth-order valence-corrected chi connectivity index (χ4v) is 2.64. The van der Waals surface area contributed by atoms with E-state index in [1.54, 1.807) is 24.3 Å². The van der Waals surface area contributed by atoms with Gasteiger partial charge in [-0.15, -0.1) is 13.2 Å². The van der Waals surface area contributed by atoms with Crippen LogP contribution in [0, 0.1) is 0 Å². The summed E-state index contributed by atoms with van der Waals surface area (Å²) in [4.78, 5) is 28.6. The molecule has 0 atom stereocenters. The molecule has 1 amide bonds. The van der Waals surface area contributed by atoms with Gasteiger partial charge in [0.1, 0.15) is 5.75 Å². The van der Waals surface area contributed by atoms with Crippen LogP contribution in [0.5, 0.6) is 5.75 Å². The van der Waals surface area contributed by atoms with Crippen LogP contribution in [0.2, 0.25) is 0 Å². The van der Waals surface area contributed by atoms with E-state index in [1.165, 1.54) is 23.0 Å². The van der Waals surface area contributed by atoms with E-state index in [-0.39, 0.29) is 23.6 Å². The minimum atomic E-state index is -4.76. The number of hydrogen-bond acceptors (Lipinski definition) is 4. The summed E-state index contributed by atoms with van der Waals surface area (Å²) in [6, 6.07) is 11.9. The number of aryl methyl sites for hydroxylation is 1. The first-order valence-electron chi connectivity index (χ1n) is 8.42. The Kier molecular flexibility index (Phi) is 5.62. The quantitative estimate of drug-likeness (QED) is 0.695. The van der Waals surface area contributed by atoms with E-state index in [4.69, 9.17) is 0 Å². The van der Waals surface area contributed by atoms with Gasteiger partial charge in [-0.2, -0.15) is 0 Å². The van der Waals surface area contributed by atoms with Gasteiger partial charge in [-0.05, 0) is 42.8 Å². The lowest BCUT2D eigenvalue weighted by Crippen LogP contribution is -2.21. The number of anilines is 1. The Hall–Kier alpha value is -3.36. The minimum absolute atomic E-state index is 0.139. The van der Waals surface area contributed by atoms with E-state index < -0.39 is 6.36 Å². The molecule has 0 aliphatic rings. The van der Waals surface area contributed by atoms with E-state index in [2.05, 4.69) is 15.0 Å². The Morgan fingerprint density at radius 3 is 2.54 bits per heavy atom. The van der Waals surface area contributed by atoms with Crippen LogP contribution in [0.4, 0.5) is 18.9 Å². The van der Waals surface area contributed by atoms with Crippen LogP contribution in [0.15, 0.2) is 59.7 Å². The summed E-state index contributed by atoms with van der Waals surface area (Å²) in [5, 5.41) is 3.09. The molecular formula is C19H16F3N3O3. The molecule has 0 aliphatic heterocycles. The van der Waals surface area contributed by atoms with Crippen molar-refractivity contribution in [2.45, 2.75) is 25.7 Å².